The number of rotatable bonds is 7. The maximum absolute atomic E-state index is 13.9. The van der Waals surface area contributed by atoms with Gasteiger partial charge in [-0.1, -0.05) is 5.98 Å². The lowest BCUT2D eigenvalue weighted by atomic mass is 9.86. The molecule has 0 aliphatic heterocycles. The molecule has 0 aromatic heterocycles. The van der Waals surface area contributed by atoms with E-state index in [4.69, 9.17) is 4.65 Å². The average molecular weight is 316 g/mol. The third kappa shape index (κ3) is 7.34. The van der Waals surface area contributed by atoms with Crippen LogP contribution >= 0.6 is 0 Å². The quantitative estimate of drug-likeness (QED) is 0.560. The number of halogens is 2. The maximum atomic E-state index is 13.9. The zero-order valence-electron chi connectivity index (χ0n) is 14.5. The summed E-state index contributed by atoms with van der Waals surface area (Å²) in [4.78, 5) is 0. The summed E-state index contributed by atoms with van der Waals surface area (Å²) in [6.07, 6.45) is 2.14. The van der Waals surface area contributed by atoms with Gasteiger partial charge in [0.1, 0.15) is 5.83 Å². The number of allylic oxidation sites excluding steroid dienone is 3. The van der Waals surface area contributed by atoms with Crippen LogP contribution in [-0.4, -0.2) is 34.5 Å². The van der Waals surface area contributed by atoms with E-state index in [1.165, 1.54) is 26.7 Å². The van der Waals surface area contributed by atoms with Crippen LogP contribution < -0.4 is 0 Å². The molecule has 0 aliphatic carbocycles. The molecule has 0 spiro atoms. The highest BCUT2D eigenvalue weighted by molar-refractivity contribution is 6.34. The Bertz CT molecular complexity index is 463. The largest absolute Gasteiger partial charge is 0.427 e. The summed E-state index contributed by atoms with van der Waals surface area (Å²) in [5.74, 6) is -0.0116. The first-order valence-corrected chi connectivity index (χ1v) is 7.17. The molecule has 0 heterocycles. The smallest absolute Gasteiger partial charge is 0.305 e. The van der Waals surface area contributed by atoms with Crippen molar-refractivity contribution in [2.24, 2.45) is 0 Å². The SMILES string of the molecule is C\C(F)=C/C(=C\C(F)=C\BOC(C)(C)C(C)(C)O)C(C)(C)O. The number of aliphatic hydroxyl groups is 2. The van der Waals surface area contributed by atoms with E-state index in [1.807, 2.05) is 0 Å². The highest BCUT2D eigenvalue weighted by atomic mass is 19.1. The van der Waals surface area contributed by atoms with Crippen molar-refractivity contribution in [2.75, 3.05) is 0 Å². The molecule has 22 heavy (non-hydrogen) atoms. The van der Waals surface area contributed by atoms with Crippen molar-refractivity contribution in [1.82, 2.24) is 0 Å². The summed E-state index contributed by atoms with van der Waals surface area (Å²) in [6.45, 7) is 10.7. The van der Waals surface area contributed by atoms with Gasteiger partial charge >= 0.3 is 7.48 Å². The monoisotopic (exact) mass is 316 g/mol. The van der Waals surface area contributed by atoms with Crippen LogP contribution in [0.25, 0.3) is 0 Å². The second kappa shape index (κ2) is 7.53. The molecule has 0 aliphatic rings. The standard InChI is InChI=1S/C16H27BF2O3/c1-11(18)8-12(14(2,3)20)9-13(19)10-17-22-16(6,7)15(4,5)21/h8-10,17,20-21H,1-7H3/b11-8+,12-9+,13-10-. The highest BCUT2D eigenvalue weighted by Crippen LogP contribution is 2.25. The molecule has 2 N–H and O–H groups in total. The molecule has 3 nitrogen and oxygen atoms in total. The van der Waals surface area contributed by atoms with Gasteiger partial charge in [-0.05, 0) is 66.2 Å². The molecular formula is C16H27BF2O3. The lowest BCUT2D eigenvalue weighted by Crippen LogP contribution is -2.47. The van der Waals surface area contributed by atoms with Crippen molar-refractivity contribution in [3.63, 3.8) is 0 Å². The van der Waals surface area contributed by atoms with Gasteiger partial charge in [0.25, 0.3) is 0 Å². The van der Waals surface area contributed by atoms with Gasteiger partial charge < -0.3 is 14.9 Å². The molecule has 0 unspecified atom stereocenters. The third-order valence-electron chi connectivity index (χ3n) is 3.55. The minimum atomic E-state index is -1.37. The predicted octanol–water partition coefficient (Wildman–Crippen LogP) is 3.29. The van der Waals surface area contributed by atoms with Gasteiger partial charge in [-0.15, -0.1) is 0 Å². The van der Waals surface area contributed by atoms with Gasteiger partial charge in [0, 0.05) is 0 Å². The fourth-order valence-corrected chi connectivity index (χ4v) is 1.32. The second-order valence-electron chi connectivity index (χ2n) is 6.86. The van der Waals surface area contributed by atoms with Crippen LogP contribution in [0.4, 0.5) is 8.78 Å². The minimum Gasteiger partial charge on any atom is -0.427 e. The van der Waals surface area contributed by atoms with E-state index in [-0.39, 0.29) is 13.1 Å². The molecule has 0 aromatic rings. The van der Waals surface area contributed by atoms with Crippen LogP contribution in [0.5, 0.6) is 0 Å². The van der Waals surface area contributed by atoms with Gasteiger partial charge in [-0.3, -0.25) is 0 Å². The van der Waals surface area contributed by atoms with E-state index in [1.54, 1.807) is 27.7 Å². The Morgan fingerprint density at radius 1 is 1.00 bits per heavy atom. The minimum absolute atomic E-state index is 0.0587. The van der Waals surface area contributed by atoms with Crippen LogP contribution in [0, 0.1) is 0 Å². The molecule has 0 saturated heterocycles. The second-order valence-corrected chi connectivity index (χ2v) is 6.86. The van der Waals surface area contributed by atoms with E-state index in [0.29, 0.717) is 0 Å². The Morgan fingerprint density at radius 3 is 1.86 bits per heavy atom. The summed E-state index contributed by atoms with van der Waals surface area (Å²) in [6, 6.07) is 0. The number of hydrogen-bond acceptors (Lipinski definition) is 3. The molecule has 6 heteroatoms. The van der Waals surface area contributed by atoms with Gasteiger partial charge in [0.05, 0.1) is 22.6 Å². The van der Waals surface area contributed by atoms with Gasteiger partial charge in [-0.2, -0.15) is 0 Å². The molecule has 0 radical (unpaired) electrons. The summed E-state index contributed by atoms with van der Waals surface area (Å²) < 4.78 is 32.3. The van der Waals surface area contributed by atoms with Crippen molar-refractivity contribution in [2.45, 2.75) is 65.3 Å². The van der Waals surface area contributed by atoms with E-state index in [9.17, 15) is 19.0 Å². The van der Waals surface area contributed by atoms with E-state index in [2.05, 4.69) is 0 Å². The molecule has 0 saturated carbocycles. The molecule has 0 atom stereocenters. The number of hydrogen-bond donors (Lipinski definition) is 2. The first kappa shape index (κ1) is 21.0. The van der Waals surface area contributed by atoms with E-state index < -0.39 is 28.5 Å². The molecule has 0 bridgehead atoms. The Labute approximate surface area is 132 Å². The third-order valence-corrected chi connectivity index (χ3v) is 3.55. The Balaban J connectivity index is 5.07. The van der Waals surface area contributed by atoms with Crippen molar-refractivity contribution in [3.8, 4) is 0 Å². The molecule has 0 rings (SSSR count). The van der Waals surface area contributed by atoms with Crippen molar-refractivity contribution >= 4 is 7.48 Å². The normalized spacial score (nSPS) is 16.0. The van der Waals surface area contributed by atoms with E-state index in [0.717, 1.165) is 12.2 Å². The summed E-state index contributed by atoms with van der Waals surface area (Å²) in [5, 5.41) is 19.8. The topological polar surface area (TPSA) is 49.7 Å². The molecule has 126 valence electrons. The zero-order valence-corrected chi connectivity index (χ0v) is 14.5. The molecule has 0 amide bonds. The molecular weight excluding hydrogens is 289 g/mol. The first-order chi connectivity index (χ1) is 9.67. The van der Waals surface area contributed by atoms with E-state index >= 15 is 0 Å². The fourth-order valence-electron chi connectivity index (χ4n) is 1.32. The Hall–Kier alpha value is -0.975. The summed E-state index contributed by atoms with van der Waals surface area (Å²) in [7, 11) is -0.0587. The highest BCUT2D eigenvalue weighted by Gasteiger charge is 2.35. The summed E-state index contributed by atoms with van der Waals surface area (Å²) >= 11 is 0. The van der Waals surface area contributed by atoms with Gasteiger partial charge in [-0.25, -0.2) is 8.78 Å². The average Bonchev–Trinajstić information content (AvgIpc) is 2.24. The van der Waals surface area contributed by atoms with Crippen molar-refractivity contribution < 1.29 is 23.6 Å². The Morgan fingerprint density at radius 2 is 1.50 bits per heavy atom. The van der Waals surface area contributed by atoms with Crippen LogP contribution in [0.3, 0.4) is 0 Å². The predicted molar refractivity (Wildman–Crippen MR) is 87.0 cm³/mol. The van der Waals surface area contributed by atoms with Crippen LogP contribution in [0.1, 0.15) is 48.5 Å². The molecule has 0 fully saturated rings. The fraction of sp³-hybridized carbons (Fsp3) is 0.625. The van der Waals surface area contributed by atoms with Crippen LogP contribution in [0.2, 0.25) is 0 Å². The Kier molecular flexibility index (Phi) is 7.20. The van der Waals surface area contributed by atoms with Gasteiger partial charge in [0.2, 0.25) is 0 Å². The molecule has 0 aromatic carbocycles. The van der Waals surface area contributed by atoms with Crippen molar-refractivity contribution in [3.05, 3.63) is 35.4 Å². The zero-order chi connectivity index (χ0) is 17.8. The first-order valence-electron chi connectivity index (χ1n) is 7.17. The lowest BCUT2D eigenvalue weighted by molar-refractivity contribution is -0.0894. The lowest BCUT2D eigenvalue weighted by Gasteiger charge is -2.37. The van der Waals surface area contributed by atoms with Crippen molar-refractivity contribution in [1.29, 1.82) is 0 Å². The maximum Gasteiger partial charge on any atom is 0.305 e. The van der Waals surface area contributed by atoms with Crippen LogP contribution in [-0.2, 0) is 4.65 Å². The summed E-state index contributed by atoms with van der Waals surface area (Å²) in [5.41, 5.74) is -3.20. The van der Waals surface area contributed by atoms with Gasteiger partial charge in [0.15, 0.2) is 0 Å². The van der Waals surface area contributed by atoms with Crippen LogP contribution in [0.15, 0.2) is 35.4 Å².